The lowest BCUT2D eigenvalue weighted by Crippen LogP contribution is -2.43. The fourth-order valence-corrected chi connectivity index (χ4v) is 10.2. The number of nitrogens with zero attached hydrogens (tertiary/aromatic N) is 1. The van der Waals surface area contributed by atoms with Crippen LogP contribution >= 0.6 is 0 Å². The van der Waals surface area contributed by atoms with Crippen molar-refractivity contribution in [1.82, 2.24) is 5.32 Å². The van der Waals surface area contributed by atoms with Crippen molar-refractivity contribution in [3.8, 4) is 11.1 Å². The van der Waals surface area contributed by atoms with E-state index in [1.54, 1.807) is 0 Å². The summed E-state index contributed by atoms with van der Waals surface area (Å²) in [5, 5.41) is 12.8. The number of nitrogens with two attached hydrogens (primary N) is 1. The average Bonchev–Trinajstić information content (AvgIpc) is 3.59. The van der Waals surface area contributed by atoms with Crippen LogP contribution < -0.4 is 21.3 Å². The minimum absolute atomic E-state index is 0.168. The van der Waals surface area contributed by atoms with Gasteiger partial charge in [0.15, 0.2) is 0 Å². The van der Waals surface area contributed by atoms with Crippen LogP contribution in [0.15, 0.2) is 206 Å². The zero-order valence-electron chi connectivity index (χ0n) is 34.1. The van der Waals surface area contributed by atoms with Gasteiger partial charge in [0.25, 0.3) is 0 Å². The molecule has 0 spiro atoms. The van der Waals surface area contributed by atoms with Gasteiger partial charge < -0.3 is 21.3 Å². The molecule has 0 amide bonds. The number of hydrogen-bond donors (Lipinski definition) is 3. The topological polar surface area (TPSA) is 53.3 Å². The molecule has 4 nitrogen and oxygen atoms in total. The Morgan fingerprint density at radius 3 is 2.15 bits per heavy atom. The zero-order valence-corrected chi connectivity index (χ0v) is 34.1. The van der Waals surface area contributed by atoms with Crippen LogP contribution in [0.3, 0.4) is 0 Å². The van der Waals surface area contributed by atoms with E-state index >= 15 is 0 Å². The molecule has 2 aliphatic rings. The third-order valence-corrected chi connectivity index (χ3v) is 13.0. The lowest BCUT2D eigenvalue weighted by molar-refractivity contribution is 0.534. The summed E-state index contributed by atoms with van der Waals surface area (Å²) in [6.45, 7) is 3.05. The standard InChI is InChI=1S/C57H46N4/c1-57-35-34-40-19-9-11-24-47(40)55(57)54-46-23-10-8-18-39(46)29-33-53(54)61(57)52-32-30-42(44-22-12-13-25-48(44)52)37-59-56(49-26-14-15-27-50(49)58)41-28-31-45(38-16-4-2-5-17-38)51(36-41)60-43-20-6-3-7-21-43/h2-36,55-56,59-60H,37,58H2,1H3. The van der Waals surface area contributed by atoms with E-state index in [1.807, 2.05) is 18.2 Å². The van der Waals surface area contributed by atoms with E-state index < -0.39 is 0 Å². The molecular formula is C57H46N4. The first-order valence-electron chi connectivity index (χ1n) is 21.2. The number of anilines is 5. The van der Waals surface area contributed by atoms with Crippen molar-refractivity contribution >= 4 is 56.1 Å². The third-order valence-electron chi connectivity index (χ3n) is 13.0. The van der Waals surface area contributed by atoms with Crippen molar-refractivity contribution < 1.29 is 0 Å². The zero-order chi connectivity index (χ0) is 40.9. The fraction of sp³-hybridized carbons (Fsp3) is 0.0877. The molecule has 0 radical (unpaired) electrons. The first-order valence-corrected chi connectivity index (χ1v) is 21.2. The molecule has 294 valence electrons. The van der Waals surface area contributed by atoms with E-state index in [0.717, 1.165) is 39.3 Å². The summed E-state index contributed by atoms with van der Waals surface area (Å²) in [6.07, 6.45) is 4.77. The van der Waals surface area contributed by atoms with Crippen LogP contribution in [0.25, 0.3) is 38.7 Å². The molecular weight excluding hydrogens is 741 g/mol. The smallest absolute Gasteiger partial charge is 0.0719 e. The van der Waals surface area contributed by atoms with E-state index in [-0.39, 0.29) is 17.5 Å². The molecule has 1 heterocycles. The lowest BCUT2D eigenvalue weighted by atomic mass is 9.72. The molecule has 61 heavy (non-hydrogen) atoms. The van der Waals surface area contributed by atoms with Crippen molar-refractivity contribution in [3.63, 3.8) is 0 Å². The molecule has 9 aromatic carbocycles. The Hall–Kier alpha value is -7.40. The first-order chi connectivity index (χ1) is 30.0. The number of hydrogen-bond acceptors (Lipinski definition) is 4. The number of nitrogens with one attached hydrogen (secondary N) is 2. The van der Waals surface area contributed by atoms with Gasteiger partial charge in [-0.1, -0.05) is 176 Å². The number of benzene rings is 9. The van der Waals surface area contributed by atoms with E-state index in [9.17, 15) is 0 Å². The van der Waals surface area contributed by atoms with Gasteiger partial charge in [0.2, 0.25) is 0 Å². The van der Waals surface area contributed by atoms with E-state index in [0.29, 0.717) is 6.54 Å². The average molecular weight is 787 g/mol. The van der Waals surface area contributed by atoms with Crippen LogP contribution in [0.1, 0.15) is 52.3 Å². The molecule has 0 fully saturated rings. The SMILES string of the molecule is CC12C=Cc3ccccc3C1c1c(ccc3ccccc13)N2c1ccc(CNC(c2ccc(-c3ccccc3)c(Nc3ccccc3)c2)c2ccccc2N)c2ccccc12. The van der Waals surface area contributed by atoms with Gasteiger partial charge in [-0.15, -0.1) is 0 Å². The lowest BCUT2D eigenvalue weighted by Gasteiger charge is -2.42. The second-order valence-corrected chi connectivity index (χ2v) is 16.6. The number of fused-ring (bicyclic) bond motifs is 8. The van der Waals surface area contributed by atoms with Crippen molar-refractivity contribution in [2.24, 2.45) is 0 Å². The van der Waals surface area contributed by atoms with Crippen LogP contribution in [-0.2, 0) is 6.54 Å². The van der Waals surface area contributed by atoms with E-state index in [1.165, 1.54) is 55.2 Å². The van der Waals surface area contributed by atoms with Gasteiger partial charge in [0, 0.05) is 51.8 Å². The molecule has 0 bridgehead atoms. The van der Waals surface area contributed by atoms with Crippen LogP contribution in [-0.4, -0.2) is 5.54 Å². The summed E-state index contributed by atoms with van der Waals surface area (Å²) in [5.41, 5.74) is 21.5. The minimum atomic E-state index is -0.323. The van der Waals surface area contributed by atoms with Gasteiger partial charge in [-0.3, -0.25) is 0 Å². The van der Waals surface area contributed by atoms with Crippen LogP contribution in [0.4, 0.5) is 28.4 Å². The molecule has 1 aliphatic carbocycles. The Bertz CT molecular complexity index is 3120. The summed E-state index contributed by atoms with van der Waals surface area (Å²) in [7, 11) is 0. The first kappa shape index (κ1) is 36.7. The Labute approximate surface area is 357 Å². The van der Waals surface area contributed by atoms with Crippen molar-refractivity contribution in [3.05, 3.63) is 240 Å². The van der Waals surface area contributed by atoms with Crippen LogP contribution in [0.2, 0.25) is 0 Å². The molecule has 11 rings (SSSR count). The highest BCUT2D eigenvalue weighted by Crippen LogP contribution is 2.59. The molecule has 9 aromatic rings. The van der Waals surface area contributed by atoms with Crippen LogP contribution in [0.5, 0.6) is 0 Å². The quantitative estimate of drug-likeness (QED) is 0.128. The predicted molar refractivity (Wildman–Crippen MR) is 257 cm³/mol. The van der Waals surface area contributed by atoms with Gasteiger partial charge >= 0.3 is 0 Å². The highest BCUT2D eigenvalue weighted by Gasteiger charge is 2.51. The van der Waals surface area contributed by atoms with Gasteiger partial charge in [0.05, 0.1) is 11.6 Å². The molecule has 1 aliphatic heterocycles. The monoisotopic (exact) mass is 786 g/mol. The molecule has 3 atom stereocenters. The van der Waals surface area contributed by atoms with Gasteiger partial charge in [0.1, 0.15) is 0 Å². The molecule has 0 saturated heterocycles. The van der Waals surface area contributed by atoms with Gasteiger partial charge in [-0.2, -0.15) is 0 Å². The maximum atomic E-state index is 6.79. The van der Waals surface area contributed by atoms with Gasteiger partial charge in [-0.25, -0.2) is 0 Å². The summed E-state index contributed by atoms with van der Waals surface area (Å²) in [4.78, 5) is 2.62. The summed E-state index contributed by atoms with van der Waals surface area (Å²) in [5.74, 6) is 0.168. The van der Waals surface area contributed by atoms with Crippen LogP contribution in [0, 0.1) is 0 Å². The fourth-order valence-electron chi connectivity index (χ4n) is 10.2. The summed E-state index contributed by atoms with van der Waals surface area (Å²) < 4.78 is 0. The number of para-hydroxylation sites is 2. The third kappa shape index (κ3) is 6.27. The van der Waals surface area contributed by atoms with E-state index in [4.69, 9.17) is 5.73 Å². The highest BCUT2D eigenvalue weighted by atomic mass is 15.2. The number of nitrogen functional groups attached to an aromatic ring is 1. The van der Waals surface area contributed by atoms with Crippen molar-refractivity contribution in [2.45, 2.75) is 31.0 Å². The van der Waals surface area contributed by atoms with Gasteiger partial charge in [-0.05, 0) is 98.4 Å². The normalized spacial score (nSPS) is 16.9. The Morgan fingerprint density at radius 2 is 1.31 bits per heavy atom. The maximum absolute atomic E-state index is 6.79. The predicted octanol–water partition coefficient (Wildman–Crippen LogP) is 13.9. The maximum Gasteiger partial charge on any atom is 0.0719 e. The molecule has 0 aromatic heterocycles. The highest BCUT2D eigenvalue weighted by molar-refractivity contribution is 6.03. The summed E-state index contributed by atoms with van der Waals surface area (Å²) >= 11 is 0. The molecule has 3 unspecified atom stereocenters. The largest absolute Gasteiger partial charge is 0.398 e. The molecule has 0 saturated carbocycles. The second kappa shape index (κ2) is 15.0. The Morgan fingerprint density at radius 1 is 0.623 bits per heavy atom. The van der Waals surface area contributed by atoms with E-state index in [2.05, 4.69) is 217 Å². The number of rotatable bonds is 9. The van der Waals surface area contributed by atoms with Crippen molar-refractivity contribution in [2.75, 3.05) is 16.0 Å². The van der Waals surface area contributed by atoms with Crippen molar-refractivity contribution in [1.29, 1.82) is 0 Å². The Balaban J connectivity index is 1.01. The molecule has 4 heteroatoms. The summed E-state index contributed by atoms with van der Waals surface area (Å²) in [6, 6.07) is 71.8. The minimum Gasteiger partial charge on any atom is -0.398 e. The second-order valence-electron chi connectivity index (χ2n) is 16.6. The Kier molecular flexibility index (Phi) is 9.02. The molecule has 4 N–H and O–H groups in total.